The quantitative estimate of drug-likeness (QED) is 0.721. The normalized spacial score (nSPS) is 12.1. The van der Waals surface area contributed by atoms with Crippen molar-refractivity contribution in [1.29, 1.82) is 0 Å². The largest absolute Gasteiger partial charge is 0.481 e. The van der Waals surface area contributed by atoms with Crippen molar-refractivity contribution in [3.05, 3.63) is 17.5 Å². The molecule has 18 heavy (non-hydrogen) atoms. The van der Waals surface area contributed by atoms with E-state index in [2.05, 4.69) is 5.32 Å². The second-order valence-electron chi connectivity index (χ2n) is 3.90. The molecular formula is C12H17NO3S2. The van der Waals surface area contributed by atoms with Crippen molar-refractivity contribution >= 4 is 35.0 Å². The molecule has 0 saturated carbocycles. The lowest BCUT2D eigenvalue weighted by Crippen LogP contribution is -2.31. The molecule has 2 N–H and O–H groups in total. The van der Waals surface area contributed by atoms with Gasteiger partial charge >= 0.3 is 5.97 Å². The van der Waals surface area contributed by atoms with Crippen molar-refractivity contribution in [3.8, 4) is 0 Å². The molecule has 1 atom stereocenters. The van der Waals surface area contributed by atoms with Gasteiger partial charge in [-0.3, -0.25) is 9.59 Å². The van der Waals surface area contributed by atoms with E-state index in [9.17, 15) is 9.59 Å². The minimum absolute atomic E-state index is 0.0122. The number of carbonyl (C=O) groups is 2. The summed E-state index contributed by atoms with van der Waals surface area (Å²) in [6.45, 7) is 2.37. The van der Waals surface area contributed by atoms with Crippen LogP contribution in [0.1, 0.15) is 19.8 Å². The van der Waals surface area contributed by atoms with Crippen molar-refractivity contribution in [2.24, 2.45) is 5.92 Å². The molecule has 1 aromatic rings. The van der Waals surface area contributed by atoms with Crippen LogP contribution in [0.4, 0.5) is 0 Å². The number of nitrogens with one attached hydrogen (secondary N) is 1. The zero-order chi connectivity index (χ0) is 13.4. The average Bonchev–Trinajstić information content (AvgIpc) is 2.84. The highest BCUT2D eigenvalue weighted by Crippen LogP contribution is 2.22. The fraction of sp³-hybridized carbons (Fsp3) is 0.500. The summed E-state index contributed by atoms with van der Waals surface area (Å²) in [4.78, 5) is 22.1. The van der Waals surface area contributed by atoms with Crippen LogP contribution in [0, 0.1) is 5.92 Å². The van der Waals surface area contributed by atoms with Gasteiger partial charge in [-0.05, 0) is 17.4 Å². The van der Waals surface area contributed by atoms with E-state index in [0.717, 1.165) is 10.6 Å². The lowest BCUT2D eigenvalue weighted by molar-refractivity contribution is -0.138. The number of hydrogen-bond acceptors (Lipinski definition) is 4. The monoisotopic (exact) mass is 287 g/mol. The van der Waals surface area contributed by atoms with Gasteiger partial charge in [-0.2, -0.15) is 0 Å². The first-order valence-electron chi connectivity index (χ1n) is 5.76. The van der Waals surface area contributed by atoms with Crippen LogP contribution in [0.3, 0.4) is 0 Å². The number of aliphatic carboxylic acids is 1. The molecule has 1 amide bonds. The predicted octanol–water partition coefficient (Wildman–Crippen LogP) is 2.46. The second kappa shape index (κ2) is 8.16. The summed E-state index contributed by atoms with van der Waals surface area (Å²) in [5, 5.41) is 13.4. The SMILES string of the molecule is CCC(CNC(=O)CSc1cccs1)CC(=O)O. The Hall–Kier alpha value is -1.01. The molecule has 0 aliphatic carbocycles. The van der Waals surface area contributed by atoms with Gasteiger partial charge in [-0.25, -0.2) is 0 Å². The number of hydrogen-bond donors (Lipinski definition) is 2. The Labute approximate surface area is 115 Å². The molecule has 1 rings (SSSR count). The summed E-state index contributed by atoms with van der Waals surface area (Å²) < 4.78 is 1.11. The van der Waals surface area contributed by atoms with E-state index in [-0.39, 0.29) is 18.2 Å². The third kappa shape index (κ3) is 6.07. The molecule has 0 saturated heterocycles. The van der Waals surface area contributed by atoms with Gasteiger partial charge in [0.2, 0.25) is 5.91 Å². The zero-order valence-corrected chi connectivity index (χ0v) is 11.9. The Balaban J connectivity index is 2.21. The summed E-state index contributed by atoms with van der Waals surface area (Å²) in [5.41, 5.74) is 0. The topological polar surface area (TPSA) is 66.4 Å². The van der Waals surface area contributed by atoms with Crippen LogP contribution in [-0.4, -0.2) is 29.3 Å². The molecule has 0 fully saturated rings. The summed E-state index contributed by atoms with van der Waals surface area (Å²) in [6, 6.07) is 3.92. The van der Waals surface area contributed by atoms with Gasteiger partial charge in [0.15, 0.2) is 0 Å². The zero-order valence-electron chi connectivity index (χ0n) is 10.2. The van der Waals surface area contributed by atoms with Gasteiger partial charge in [0, 0.05) is 13.0 Å². The fourth-order valence-corrected chi connectivity index (χ4v) is 3.01. The lowest BCUT2D eigenvalue weighted by Gasteiger charge is -2.13. The molecule has 6 heteroatoms. The molecule has 0 aromatic carbocycles. The smallest absolute Gasteiger partial charge is 0.303 e. The molecule has 0 aliphatic rings. The summed E-state index contributed by atoms with van der Waals surface area (Å²) in [7, 11) is 0. The molecular weight excluding hydrogens is 270 g/mol. The van der Waals surface area contributed by atoms with E-state index in [1.54, 1.807) is 11.3 Å². The molecule has 0 aliphatic heterocycles. The first-order valence-corrected chi connectivity index (χ1v) is 7.63. The van der Waals surface area contributed by atoms with Crippen molar-refractivity contribution in [3.63, 3.8) is 0 Å². The van der Waals surface area contributed by atoms with Gasteiger partial charge in [0.25, 0.3) is 0 Å². The van der Waals surface area contributed by atoms with E-state index >= 15 is 0 Å². The lowest BCUT2D eigenvalue weighted by atomic mass is 10.0. The van der Waals surface area contributed by atoms with E-state index in [1.807, 2.05) is 24.4 Å². The maximum absolute atomic E-state index is 11.6. The minimum atomic E-state index is -0.816. The Morgan fingerprint density at radius 2 is 2.33 bits per heavy atom. The van der Waals surface area contributed by atoms with E-state index in [4.69, 9.17) is 5.11 Å². The van der Waals surface area contributed by atoms with E-state index < -0.39 is 5.97 Å². The van der Waals surface area contributed by atoms with Gasteiger partial charge in [-0.1, -0.05) is 19.4 Å². The van der Waals surface area contributed by atoms with E-state index in [0.29, 0.717) is 12.3 Å². The van der Waals surface area contributed by atoms with Gasteiger partial charge in [0.1, 0.15) is 0 Å². The standard InChI is InChI=1S/C12H17NO3S2/c1-2-9(6-11(15)16)7-13-10(14)8-18-12-4-3-5-17-12/h3-5,9H,2,6-8H2,1H3,(H,13,14)(H,15,16). The van der Waals surface area contributed by atoms with E-state index in [1.165, 1.54) is 11.8 Å². The molecule has 100 valence electrons. The third-order valence-electron chi connectivity index (χ3n) is 2.47. The molecule has 0 radical (unpaired) electrons. The summed E-state index contributed by atoms with van der Waals surface area (Å²) in [5.74, 6) is -0.469. The highest BCUT2D eigenvalue weighted by molar-refractivity contribution is 8.01. The maximum atomic E-state index is 11.6. The molecule has 0 spiro atoms. The van der Waals surface area contributed by atoms with Crippen molar-refractivity contribution in [2.75, 3.05) is 12.3 Å². The fourth-order valence-electron chi connectivity index (χ4n) is 1.40. The number of thioether (sulfide) groups is 1. The number of carboxylic acid groups (broad SMARTS) is 1. The summed E-state index contributed by atoms with van der Waals surface area (Å²) >= 11 is 3.11. The summed E-state index contributed by atoms with van der Waals surface area (Å²) in [6.07, 6.45) is 0.861. The van der Waals surface area contributed by atoms with Crippen molar-refractivity contribution < 1.29 is 14.7 Å². The molecule has 4 nitrogen and oxygen atoms in total. The third-order valence-corrected chi connectivity index (χ3v) is 4.60. The predicted molar refractivity (Wildman–Crippen MR) is 74.1 cm³/mol. The first-order chi connectivity index (χ1) is 8.61. The Kier molecular flexibility index (Phi) is 6.82. The van der Waals surface area contributed by atoms with Crippen molar-refractivity contribution in [1.82, 2.24) is 5.32 Å². The number of thiophene rings is 1. The van der Waals surface area contributed by atoms with Crippen molar-refractivity contribution in [2.45, 2.75) is 24.0 Å². The molecule has 1 aromatic heterocycles. The van der Waals surface area contributed by atoms with Crippen LogP contribution < -0.4 is 5.32 Å². The van der Waals surface area contributed by atoms with Gasteiger partial charge < -0.3 is 10.4 Å². The number of amides is 1. The highest BCUT2D eigenvalue weighted by atomic mass is 32.2. The van der Waals surface area contributed by atoms with Crippen LogP contribution in [0.2, 0.25) is 0 Å². The Morgan fingerprint density at radius 1 is 1.56 bits per heavy atom. The van der Waals surface area contributed by atoms with Crippen LogP contribution in [0.5, 0.6) is 0 Å². The maximum Gasteiger partial charge on any atom is 0.303 e. The van der Waals surface area contributed by atoms with Crippen LogP contribution in [-0.2, 0) is 9.59 Å². The Morgan fingerprint density at radius 3 is 2.89 bits per heavy atom. The van der Waals surface area contributed by atoms with Gasteiger partial charge in [-0.15, -0.1) is 23.1 Å². The minimum Gasteiger partial charge on any atom is -0.481 e. The number of carboxylic acids is 1. The number of rotatable bonds is 8. The molecule has 1 heterocycles. The number of carbonyl (C=O) groups excluding carboxylic acids is 1. The second-order valence-corrected chi connectivity index (χ2v) is 6.12. The average molecular weight is 287 g/mol. The van der Waals surface area contributed by atoms with Gasteiger partial charge in [0.05, 0.1) is 9.96 Å². The highest BCUT2D eigenvalue weighted by Gasteiger charge is 2.12. The van der Waals surface area contributed by atoms with Crippen LogP contribution in [0.15, 0.2) is 21.7 Å². The Bertz CT molecular complexity index is 379. The molecule has 0 bridgehead atoms. The van der Waals surface area contributed by atoms with Crippen LogP contribution in [0.25, 0.3) is 0 Å². The molecule has 1 unspecified atom stereocenters. The first kappa shape index (κ1) is 15.0. The van der Waals surface area contributed by atoms with Crippen LogP contribution >= 0.6 is 23.1 Å².